The Hall–Kier alpha value is -1.97. The molecule has 4 heteroatoms. The van der Waals surface area contributed by atoms with Crippen LogP contribution in [0.3, 0.4) is 0 Å². The quantitative estimate of drug-likeness (QED) is 0.704. The van der Waals surface area contributed by atoms with Crippen molar-refractivity contribution in [3.63, 3.8) is 0 Å². The van der Waals surface area contributed by atoms with Crippen LogP contribution in [-0.4, -0.2) is 30.7 Å². The van der Waals surface area contributed by atoms with Gasteiger partial charge in [-0.05, 0) is 56.9 Å². The molecule has 3 aromatic rings. The predicted molar refractivity (Wildman–Crippen MR) is 99.2 cm³/mol. The van der Waals surface area contributed by atoms with Gasteiger partial charge in [0.25, 0.3) is 0 Å². The van der Waals surface area contributed by atoms with Gasteiger partial charge in [0.1, 0.15) is 5.75 Å². The number of benzene rings is 2. The van der Waals surface area contributed by atoms with Crippen LogP contribution in [0.2, 0.25) is 0 Å². The second-order valence-corrected chi connectivity index (χ2v) is 5.86. The van der Waals surface area contributed by atoms with Crippen LogP contribution in [0.5, 0.6) is 5.75 Å². The van der Waals surface area contributed by atoms with E-state index in [0.29, 0.717) is 0 Å². The average molecular weight is 331 g/mol. The van der Waals surface area contributed by atoms with Crippen LogP contribution in [-0.2, 0) is 6.54 Å². The van der Waals surface area contributed by atoms with E-state index >= 15 is 0 Å². The van der Waals surface area contributed by atoms with E-state index in [9.17, 15) is 0 Å². The van der Waals surface area contributed by atoms with Gasteiger partial charge in [-0.25, -0.2) is 0 Å². The highest BCUT2D eigenvalue weighted by Crippen LogP contribution is 2.32. The molecule has 0 N–H and O–H groups in total. The number of fused-ring (bicyclic) bond motifs is 1. The van der Waals surface area contributed by atoms with E-state index in [2.05, 4.69) is 66.9 Å². The molecule has 122 valence electrons. The molecule has 0 bridgehead atoms. The van der Waals surface area contributed by atoms with Crippen molar-refractivity contribution in [2.75, 3.05) is 21.2 Å². The van der Waals surface area contributed by atoms with Gasteiger partial charge in [-0.3, -0.25) is 0 Å². The second kappa shape index (κ2) is 7.07. The topological polar surface area (TPSA) is 17.4 Å². The molecule has 0 radical (unpaired) electrons. The largest absolute Gasteiger partial charge is 0.497 e. The monoisotopic (exact) mass is 330 g/mol. The minimum absolute atomic E-state index is 0. The smallest absolute Gasteiger partial charge is 0.119 e. The highest BCUT2D eigenvalue weighted by molar-refractivity contribution is 5.88. The van der Waals surface area contributed by atoms with E-state index in [1.807, 2.05) is 12.1 Å². The van der Waals surface area contributed by atoms with E-state index in [1.54, 1.807) is 7.11 Å². The van der Waals surface area contributed by atoms with Gasteiger partial charge in [0.2, 0.25) is 0 Å². The summed E-state index contributed by atoms with van der Waals surface area (Å²) in [6.45, 7) is 3.10. The lowest BCUT2D eigenvalue weighted by atomic mass is 10.1. The predicted octanol–water partition coefficient (Wildman–Crippen LogP) is 4.43. The molecule has 0 spiro atoms. The highest BCUT2D eigenvalue weighted by Gasteiger charge is 2.16. The van der Waals surface area contributed by atoms with Crippen molar-refractivity contribution in [3.05, 3.63) is 59.8 Å². The number of rotatable bonds is 4. The van der Waals surface area contributed by atoms with E-state index in [-0.39, 0.29) is 12.4 Å². The third-order valence-electron chi connectivity index (χ3n) is 4.03. The Bertz CT molecular complexity index is 794. The van der Waals surface area contributed by atoms with Gasteiger partial charge in [0, 0.05) is 23.3 Å². The summed E-state index contributed by atoms with van der Waals surface area (Å²) in [5.41, 5.74) is 5.05. The highest BCUT2D eigenvalue weighted by atomic mass is 35.5. The van der Waals surface area contributed by atoms with Crippen LogP contribution in [0.15, 0.2) is 48.5 Å². The molecule has 0 atom stereocenters. The fraction of sp³-hybridized carbons (Fsp3) is 0.263. The van der Waals surface area contributed by atoms with Crippen molar-refractivity contribution in [3.8, 4) is 11.4 Å². The van der Waals surface area contributed by atoms with Gasteiger partial charge >= 0.3 is 0 Å². The molecule has 0 aliphatic heterocycles. The molecule has 1 aromatic heterocycles. The molecule has 23 heavy (non-hydrogen) atoms. The van der Waals surface area contributed by atoms with Crippen molar-refractivity contribution in [1.29, 1.82) is 0 Å². The van der Waals surface area contributed by atoms with Crippen LogP contribution < -0.4 is 4.74 Å². The van der Waals surface area contributed by atoms with Gasteiger partial charge in [-0.2, -0.15) is 0 Å². The number of aromatic nitrogens is 1. The molecule has 0 unspecified atom stereocenters. The Morgan fingerprint density at radius 3 is 2.35 bits per heavy atom. The Balaban J connectivity index is 0.00000192. The molecule has 2 aromatic carbocycles. The Labute approximate surface area is 143 Å². The van der Waals surface area contributed by atoms with E-state index in [0.717, 1.165) is 12.3 Å². The lowest BCUT2D eigenvalue weighted by Gasteiger charge is -2.11. The SMILES string of the molecule is COc1ccc2c(c1)c(CN(C)C)c(C)n2-c1ccccc1.Cl. The van der Waals surface area contributed by atoms with Crippen molar-refractivity contribution in [1.82, 2.24) is 9.47 Å². The molecule has 0 saturated carbocycles. The second-order valence-electron chi connectivity index (χ2n) is 5.86. The van der Waals surface area contributed by atoms with Gasteiger partial charge < -0.3 is 14.2 Å². The van der Waals surface area contributed by atoms with Crippen LogP contribution in [0, 0.1) is 6.92 Å². The van der Waals surface area contributed by atoms with Crippen molar-refractivity contribution in [2.24, 2.45) is 0 Å². The first-order chi connectivity index (χ1) is 10.6. The summed E-state index contributed by atoms with van der Waals surface area (Å²) in [4.78, 5) is 2.20. The van der Waals surface area contributed by atoms with Crippen LogP contribution in [0.4, 0.5) is 0 Å². The minimum Gasteiger partial charge on any atom is -0.497 e. The van der Waals surface area contributed by atoms with Crippen molar-refractivity contribution >= 4 is 23.3 Å². The molecule has 0 aliphatic rings. The fourth-order valence-corrected chi connectivity index (χ4v) is 3.01. The molecule has 3 nitrogen and oxygen atoms in total. The summed E-state index contributed by atoms with van der Waals surface area (Å²) in [6.07, 6.45) is 0. The third-order valence-corrected chi connectivity index (χ3v) is 4.03. The van der Waals surface area contributed by atoms with E-state index in [1.165, 1.54) is 27.8 Å². The zero-order valence-electron chi connectivity index (χ0n) is 14.0. The van der Waals surface area contributed by atoms with Gasteiger partial charge in [-0.1, -0.05) is 18.2 Å². The molecular formula is C19H23ClN2O. The molecular weight excluding hydrogens is 308 g/mol. The molecule has 0 fully saturated rings. The molecule has 1 heterocycles. The average Bonchev–Trinajstić information content (AvgIpc) is 2.79. The minimum atomic E-state index is 0. The summed E-state index contributed by atoms with van der Waals surface area (Å²) in [5, 5.41) is 1.26. The van der Waals surface area contributed by atoms with Gasteiger partial charge in [0.15, 0.2) is 0 Å². The summed E-state index contributed by atoms with van der Waals surface area (Å²) < 4.78 is 7.74. The fourth-order valence-electron chi connectivity index (χ4n) is 3.01. The van der Waals surface area contributed by atoms with Crippen LogP contribution in [0.25, 0.3) is 16.6 Å². The van der Waals surface area contributed by atoms with Gasteiger partial charge in [-0.15, -0.1) is 12.4 Å². The lowest BCUT2D eigenvalue weighted by Crippen LogP contribution is -2.11. The van der Waals surface area contributed by atoms with Crippen molar-refractivity contribution < 1.29 is 4.74 Å². The summed E-state index contributed by atoms with van der Waals surface area (Å²) in [5.74, 6) is 0.901. The zero-order valence-corrected chi connectivity index (χ0v) is 14.9. The molecule has 0 aliphatic carbocycles. The maximum absolute atomic E-state index is 5.41. The van der Waals surface area contributed by atoms with Crippen molar-refractivity contribution in [2.45, 2.75) is 13.5 Å². The zero-order chi connectivity index (χ0) is 15.7. The number of hydrogen-bond acceptors (Lipinski definition) is 2. The Morgan fingerprint density at radius 2 is 1.74 bits per heavy atom. The van der Waals surface area contributed by atoms with E-state index in [4.69, 9.17) is 4.74 Å². The van der Waals surface area contributed by atoms with Crippen LogP contribution in [0.1, 0.15) is 11.3 Å². The molecule has 0 saturated heterocycles. The number of hydrogen-bond donors (Lipinski definition) is 0. The summed E-state index contributed by atoms with van der Waals surface area (Å²) in [7, 11) is 5.92. The number of halogens is 1. The number of methoxy groups -OCH3 is 1. The Kier molecular flexibility index (Phi) is 5.34. The number of para-hydroxylation sites is 1. The number of nitrogens with zero attached hydrogens (tertiary/aromatic N) is 2. The molecule has 0 amide bonds. The first kappa shape index (κ1) is 17.4. The lowest BCUT2D eigenvalue weighted by molar-refractivity contribution is 0.402. The van der Waals surface area contributed by atoms with Gasteiger partial charge in [0.05, 0.1) is 12.6 Å². The first-order valence-corrected chi connectivity index (χ1v) is 7.50. The maximum Gasteiger partial charge on any atom is 0.119 e. The summed E-state index contributed by atoms with van der Waals surface area (Å²) in [6, 6.07) is 16.8. The first-order valence-electron chi connectivity index (χ1n) is 7.50. The third kappa shape index (κ3) is 3.21. The molecule has 3 rings (SSSR count). The maximum atomic E-state index is 5.41. The van der Waals surface area contributed by atoms with Crippen LogP contribution >= 0.6 is 12.4 Å². The summed E-state index contributed by atoms with van der Waals surface area (Å²) >= 11 is 0. The number of ether oxygens (including phenoxy) is 1. The normalized spacial score (nSPS) is 10.8. The standard InChI is InChI=1S/C19H22N2O.ClH/c1-14-18(13-20(2)3)17-12-16(22-4)10-11-19(17)21(14)15-8-6-5-7-9-15;/h5-12H,13H2,1-4H3;1H. The Morgan fingerprint density at radius 1 is 1.04 bits per heavy atom. The van der Waals surface area contributed by atoms with E-state index < -0.39 is 0 Å².